The Balaban J connectivity index is 2.78. The third-order valence-electron chi connectivity index (χ3n) is 3.26. The molecule has 1 aromatic rings. The molecular formula is C13H21N3O3S. The zero-order valence-electron chi connectivity index (χ0n) is 11.9. The fourth-order valence-corrected chi connectivity index (χ4v) is 2.30. The number of carbonyl (C=O) groups is 1. The van der Waals surface area contributed by atoms with E-state index in [4.69, 9.17) is 5.73 Å². The van der Waals surface area contributed by atoms with Gasteiger partial charge in [0, 0.05) is 5.69 Å². The molecule has 6 nitrogen and oxygen atoms in total. The molecule has 0 heterocycles. The first-order valence-electron chi connectivity index (χ1n) is 6.42. The van der Waals surface area contributed by atoms with Gasteiger partial charge in [0.1, 0.15) is 0 Å². The lowest BCUT2D eigenvalue weighted by Crippen LogP contribution is -2.40. The molecule has 1 rings (SSSR count). The van der Waals surface area contributed by atoms with Crippen LogP contribution in [0.5, 0.6) is 0 Å². The number of rotatable bonds is 6. The predicted octanol–water partition coefficient (Wildman–Crippen LogP) is 0.907. The van der Waals surface area contributed by atoms with E-state index in [0.717, 1.165) is 6.42 Å². The molecule has 0 fully saturated rings. The van der Waals surface area contributed by atoms with Gasteiger partial charge in [0.15, 0.2) is 0 Å². The molecule has 0 saturated heterocycles. The fourth-order valence-electron chi connectivity index (χ4n) is 1.57. The van der Waals surface area contributed by atoms with Crippen LogP contribution in [0.1, 0.15) is 20.3 Å². The summed E-state index contributed by atoms with van der Waals surface area (Å²) < 4.78 is 25.3. The number of nitrogens with two attached hydrogens (primary N) is 1. The molecule has 1 amide bonds. The van der Waals surface area contributed by atoms with Crippen LogP contribution in [-0.4, -0.2) is 27.4 Å². The molecule has 0 aliphatic heterocycles. The largest absolute Gasteiger partial charge is 0.325 e. The maximum absolute atomic E-state index is 11.9. The number of benzene rings is 1. The van der Waals surface area contributed by atoms with Crippen LogP contribution in [0.3, 0.4) is 0 Å². The predicted molar refractivity (Wildman–Crippen MR) is 78.7 cm³/mol. The monoisotopic (exact) mass is 299 g/mol. The molecule has 0 aliphatic carbocycles. The highest BCUT2D eigenvalue weighted by molar-refractivity contribution is 7.89. The third kappa shape index (κ3) is 4.03. The van der Waals surface area contributed by atoms with E-state index < -0.39 is 16.1 Å². The van der Waals surface area contributed by atoms with E-state index in [2.05, 4.69) is 10.0 Å². The molecule has 0 bridgehead atoms. The second kappa shape index (κ2) is 6.83. The normalized spacial score (nSPS) is 14.6. The Hall–Kier alpha value is -1.44. The van der Waals surface area contributed by atoms with Gasteiger partial charge in [0.25, 0.3) is 0 Å². The van der Waals surface area contributed by atoms with Gasteiger partial charge in [-0.15, -0.1) is 0 Å². The highest BCUT2D eigenvalue weighted by Crippen LogP contribution is 2.15. The first-order chi connectivity index (χ1) is 9.31. The van der Waals surface area contributed by atoms with Crippen molar-refractivity contribution in [1.82, 2.24) is 4.72 Å². The second-order valence-corrected chi connectivity index (χ2v) is 6.52. The van der Waals surface area contributed by atoms with E-state index >= 15 is 0 Å². The Morgan fingerprint density at radius 2 is 1.85 bits per heavy atom. The number of amides is 1. The van der Waals surface area contributed by atoms with Gasteiger partial charge in [-0.2, -0.15) is 0 Å². The maximum atomic E-state index is 11.9. The molecule has 0 spiro atoms. The van der Waals surface area contributed by atoms with Crippen LogP contribution in [0, 0.1) is 5.92 Å². The van der Waals surface area contributed by atoms with E-state index in [1.54, 1.807) is 0 Å². The summed E-state index contributed by atoms with van der Waals surface area (Å²) in [5.74, 6) is -0.192. The quantitative estimate of drug-likeness (QED) is 0.726. The van der Waals surface area contributed by atoms with Crippen LogP contribution in [0.25, 0.3) is 0 Å². The van der Waals surface area contributed by atoms with Crippen molar-refractivity contribution in [2.75, 3.05) is 12.4 Å². The first-order valence-corrected chi connectivity index (χ1v) is 7.90. The summed E-state index contributed by atoms with van der Waals surface area (Å²) in [6.45, 7) is 3.88. The van der Waals surface area contributed by atoms with Crippen LogP contribution < -0.4 is 15.8 Å². The van der Waals surface area contributed by atoms with Crippen molar-refractivity contribution < 1.29 is 13.2 Å². The SMILES string of the molecule is CCC(C)[C@H](N)C(=O)Nc1ccc(S(=O)(=O)NC)cc1. The molecule has 7 heteroatoms. The highest BCUT2D eigenvalue weighted by atomic mass is 32.2. The number of anilines is 1. The standard InChI is InChI=1S/C13H21N3O3S/c1-4-9(2)12(14)13(17)16-10-5-7-11(8-6-10)20(18,19)15-3/h5-9,12,15H,4,14H2,1-3H3,(H,16,17)/t9?,12-/m0/s1. The van der Waals surface area contributed by atoms with Gasteiger partial charge in [0.05, 0.1) is 10.9 Å². The highest BCUT2D eigenvalue weighted by Gasteiger charge is 2.19. The summed E-state index contributed by atoms with van der Waals surface area (Å²) in [6.07, 6.45) is 0.813. The van der Waals surface area contributed by atoms with Gasteiger partial charge in [-0.3, -0.25) is 4.79 Å². The lowest BCUT2D eigenvalue weighted by atomic mass is 9.99. The number of sulfonamides is 1. The van der Waals surface area contributed by atoms with Gasteiger partial charge in [-0.1, -0.05) is 20.3 Å². The van der Waals surface area contributed by atoms with Crippen molar-refractivity contribution in [2.45, 2.75) is 31.2 Å². The number of nitrogens with one attached hydrogen (secondary N) is 2. The molecule has 4 N–H and O–H groups in total. The van der Waals surface area contributed by atoms with Gasteiger partial charge in [-0.25, -0.2) is 13.1 Å². The Bertz CT molecular complexity index is 555. The van der Waals surface area contributed by atoms with Crippen molar-refractivity contribution in [3.05, 3.63) is 24.3 Å². The molecule has 20 heavy (non-hydrogen) atoms. The topological polar surface area (TPSA) is 101 Å². The van der Waals surface area contributed by atoms with Crippen molar-refractivity contribution >= 4 is 21.6 Å². The summed E-state index contributed by atoms with van der Waals surface area (Å²) in [5.41, 5.74) is 6.34. The van der Waals surface area contributed by atoms with E-state index in [1.807, 2.05) is 13.8 Å². The van der Waals surface area contributed by atoms with Crippen LogP contribution in [0.2, 0.25) is 0 Å². The zero-order chi connectivity index (χ0) is 15.3. The summed E-state index contributed by atoms with van der Waals surface area (Å²) in [6, 6.07) is 5.34. The smallest absolute Gasteiger partial charge is 0.241 e. The van der Waals surface area contributed by atoms with Crippen LogP contribution in [0.4, 0.5) is 5.69 Å². The summed E-state index contributed by atoms with van der Waals surface area (Å²) >= 11 is 0. The van der Waals surface area contributed by atoms with E-state index in [1.165, 1.54) is 31.3 Å². The Morgan fingerprint density at radius 3 is 2.30 bits per heavy atom. The molecule has 112 valence electrons. The molecule has 1 unspecified atom stereocenters. The number of carbonyl (C=O) groups excluding carboxylic acids is 1. The first kappa shape index (κ1) is 16.6. The van der Waals surface area contributed by atoms with Crippen LogP contribution in [-0.2, 0) is 14.8 Å². The van der Waals surface area contributed by atoms with E-state index in [-0.39, 0.29) is 16.7 Å². The average Bonchev–Trinajstić information content (AvgIpc) is 2.46. The molecule has 2 atom stereocenters. The summed E-state index contributed by atoms with van der Waals surface area (Å²) in [7, 11) is -2.12. The minimum Gasteiger partial charge on any atom is -0.325 e. The second-order valence-electron chi connectivity index (χ2n) is 4.63. The molecule has 0 saturated carbocycles. The summed E-state index contributed by atoms with van der Waals surface area (Å²) in [5, 5.41) is 2.67. The van der Waals surface area contributed by atoms with E-state index in [0.29, 0.717) is 5.69 Å². The van der Waals surface area contributed by atoms with Crippen LogP contribution in [0.15, 0.2) is 29.2 Å². The van der Waals surface area contributed by atoms with E-state index in [9.17, 15) is 13.2 Å². The molecule has 0 aromatic heterocycles. The fraction of sp³-hybridized carbons (Fsp3) is 0.462. The zero-order valence-corrected chi connectivity index (χ0v) is 12.7. The van der Waals surface area contributed by atoms with Gasteiger partial charge in [-0.05, 0) is 37.2 Å². The van der Waals surface area contributed by atoms with Crippen molar-refractivity contribution in [3.8, 4) is 0 Å². The van der Waals surface area contributed by atoms with Gasteiger partial charge in [0.2, 0.25) is 15.9 Å². The van der Waals surface area contributed by atoms with Gasteiger partial charge < -0.3 is 11.1 Å². The summed E-state index contributed by atoms with van der Waals surface area (Å²) in [4.78, 5) is 12.0. The molecular weight excluding hydrogens is 278 g/mol. The van der Waals surface area contributed by atoms with Crippen molar-refractivity contribution in [2.24, 2.45) is 11.7 Å². The van der Waals surface area contributed by atoms with Crippen molar-refractivity contribution in [3.63, 3.8) is 0 Å². The Morgan fingerprint density at radius 1 is 1.30 bits per heavy atom. The molecule has 1 aromatic carbocycles. The maximum Gasteiger partial charge on any atom is 0.241 e. The number of hydrogen-bond donors (Lipinski definition) is 3. The lowest BCUT2D eigenvalue weighted by Gasteiger charge is -2.17. The minimum atomic E-state index is -3.46. The Kier molecular flexibility index (Phi) is 5.67. The molecule has 0 aliphatic rings. The number of hydrogen-bond acceptors (Lipinski definition) is 4. The minimum absolute atomic E-state index is 0.0824. The molecule has 0 radical (unpaired) electrons. The van der Waals surface area contributed by atoms with Crippen LogP contribution >= 0.6 is 0 Å². The average molecular weight is 299 g/mol. The van der Waals surface area contributed by atoms with Crippen molar-refractivity contribution in [1.29, 1.82) is 0 Å². The third-order valence-corrected chi connectivity index (χ3v) is 4.69. The Labute approximate surface area is 119 Å². The lowest BCUT2D eigenvalue weighted by molar-refractivity contribution is -0.118. The van der Waals surface area contributed by atoms with Gasteiger partial charge >= 0.3 is 0 Å².